The third kappa shape index (κ3) is 9.97. The van der Waals surface area contributed by atoms with E-state index in [1.54, 1.807) is 0 Å². The fourth-order valence-electron chi connectivity index (χ4n) is 3.89. The van der Waals surface area contributed by atoms with Crippen molar-refractivity contribution in [1.82, 2.24) is 10.6 Å². The van der Waals surface area contributed by atoms with Gasteiger partial charge in [0.15, 0.2) is 0 Å². The first-order valence-corrected chi connectivity index (χ1v) is 13.1. The van der Waals surface area contributed by atoms with Crippen molar-refractivity contribution in [1.29, 1.82) is 0 Å². The molecule has 0 fully saturated rings. The lowest BCUT2D eigenvalue weighted by Gasteiger charge is -2.17. The van der Waals surface area contributed by atoms with Gasteiger partial charge in [0.2, 0.25) is 0 Å². The Hall–Kier alpha value is -2.65. The summed E-state index contributed by atoms with van der Waals surface area (Å²) in [4.78, 5) is 0. The average Bonchev–Trinajstić information content (AvgIpc) is 2.92. The van der Waals surface area contributed by atoms with Gasteiger partial charge in [0.05, 0.1) is 0 Å². The zero-order valence-electron chi connectivity index (χ0n) is 22.1. The lowest BCUT2D eigenvalue weighted by molar-refractivity contribution is 0.326. The van der Waals surface area contributed by atoms with Crippen LogP contribution in [-0.2, 0) is 9.31 Å². The van der Waals surface area contributed by atoms with Gasteiger partial charge in [-0.15, -0.1) is 0 Å². The number of ether oxygens (including phenoxy) is 1. The van der Waals surface area contributed by atoms with Crippen molar-refractivity contribution >= 4 is 30.2 Å². The van der Waals surface area contributed by atoms with E-state index in [2.05, 4.69) is 60.8 Å². The van der Waals surface area contributed by atoms with Crippen molar-refractivity contribution in [2.75, 3.05) is 52.5 Å². The molecule has 37 heavy (non-hydrogen) atoms. The highest BCUT2D eigenvalue weighted by atomic mass is 16.5. The number of benzene rings is 3. The standard InChI is InChI=1S/C28H40B2N4O3/c1-23-3-5-25(6-4-23)30(36-22-20-34-18-16-32)26-9-13-28(14-10-26)37-27-11-7-24(8-12-27)29(2)35-21-19-33-17-15-31/h3-14,33-34H,15-22,31-32H2,1-2H3. The van der Waals surface area contributed by atoms with Crippen LogP contribution in [0.5, 0.6) is 11.5 Å². The van der Waals surface area contributed by atoms with Crippen LogP contribution < -0.4 is 43.2 Å². The maximum Gasteiger partial charge on any atom is 0.361 e. The second-order valence-electron chi connectivity index (χ2n) is 8.99. The first kappa shape index (κ1) is 28.9. The average molecular weight is 502 g/mol. The van der Waals surface area contributed by atoms with Crippen LogP contribution in [0.4, 0.5) is 0 Å². The molecule has 0 aliphatic rings. The second-order valence-corrected chi connectivity index (χ2v) is 8.99. The molecule has 3 rings (SSSR count). The SMILES string of the molecule is CB(OCCNCCN)c1ccc(Oc2ccc(B(OCCNCCN)c3ccc(C)cc3)cc2)cc1. The van der Waals surface area contributed by atoms with E-state index in [0.29, 0.717) is 26.3 Å². The minimum absolute atomic E-state index is 0.0113. The largest absolute Gasteiger partial charge is 0.457 e. The predicted molar refractivity (Wildman–Crippen MR) is 156 cm³/mol. The van der Waals surface area contributed by atoms with E-state index in [1.807, 2.05) is 36.4 Å². The Kier molecular flexibility index (Phi) is 12.7. The summed E-state index contributed by atoms with van der Waals surface area (Å²) in [6.07, 6.45) is 0. The van der Waals surface area contributed by atoms with E-state index in [9.17, 15) is 0 Å². The van der Waals surface area contributed by atoms with Gasteiger partial charge in [0.25, 0.3) is 0 Å². The molecule has 0 heterocycles. The Morgan fingerprint density at radius 1 is 0.622 bits per heavy atom. The number of hydrogen-bond acceptors (Lipinski definition) is 7. The quantitative estimate of drug-likeness (QED) is 0.160. The first-order chi connectivity index (χ1) is 18.1. The molecule has 6 N–H and O–H groups in total. The minimum Gasteiger partial charge on any atom is -0.457 e. The molecule has 0 radical (unpaired) electrons. The van der Waals surface area contributed by atoms with Crippen LogP contribution in [0.25, 0.3) is 0 Å². The molecular formula is C28H40B2N4O3. The van der Waals surface area contributed by atoms with Crippen molar-refractivity contribution in [3.8, 4) is 11.5 Å². The van der Waals surface area contributed by atoms with Crippen molar-refractivity contribution in [2.45, 2.75) is 13.7 Å². The monoisotopic (exact) mass is 502 g/mol. The number of rotatable bonds is 17. The topological polar surface area (TPSA) is 104 Å². The molecule has 0 aromatic heterocycles. The fourth-order valence-corrected chi connectivity index (χ4v) is 3.89. The van der Waals surface area contributed by atoms with Crippen LogP contribution in [0.3, 0.4) is 0 Å². The smallest absolute Gasteiger partial charge is 0.361 e. The normalized spacial score (nSPS) is 10.9. The van der Waals surface area contributed by atoms with Gasteiger partial charge >= 0.3 is 13.8 Å². The van der Waals surface area contributed by atoms with Crippen molar-refractivity contribution in [3.63, 3.8) is 0 Å². The van der Waals surface area contributed by atoms with E-state index in [4.69, 9.17) is 25.5 Å². The molecule has 196 valence electrons. The zero-order valence-corrected chi connectivity index (χ0v) is 22.1. The van der Waals surface area contributed by atoms with Gasteiger partial charge in [-0.2, -0.15) is 0 Å². The summed E-state index contributed by atoms with van der Waals surface area (Å²) in [5, 5.41) is 6.51. The molecule has 9 heteroatoms. The number of nitrogens with two attached hydrogens (primary N) is 2. The Bertz CT molecular complexity index is 1020. The number of aryl methyl sites for hydroxylation is 1. The van der Waals surface area contributed by atoms with Gasteiger partial charge in [-0.25, -0.2) is 0 Å². The molecule has 0 saturated carbocycles. The van der Waals surface area contributed by atoms with Crippen LogP contribution in [0.1, 0.15) is 5.56 Å². The summed E-state index contributed by atoms with van der Waals surface area (Å²) in [5.74, 6) is 1.56. The Balaban J connectivity index is 1.58. The van der Waals surface area contributed by atoms with Gasteiger partial charge < -0.3 is 36.1 Å². The molecule has 0 spiro atoms. The summed E-state index contributed by atoms with van der Waals surface area (Å²) in [6, 6.07) is 24.6. The van der Waals surface area contributed by atoms with E-state index < -0.39 is 0 Å². The highest BCUT2D eigenvalue weighted by Gasteiger charge is 2.21. The summed E-state index contributed by atoms with van der Waals surface area (Å²) in [7, 11) is 0. The molecule has 0 aliphatic carbocycles. The molecule has 7 nitrogen and oxygen atoms in total. The molecule has 0 amide bonds. The van der Waals surface area contributed by atoms with Crippen molar-refractivity contribution in [3.05, 3.63) is 78.4 Å². The Morgan fingerprint density at radius 3 is 1.59 bits per heavy atom. The predicted octanol–water partition coefficient (Wildman–Crippen LogP) is 0.851. The maximum atomic E-state index is 6.28. The van der Waals surface area contributed by atoms with Gasteiger partial charge in [-0.05, 0) is 47.6 Å². The summed E-state index contributed by atoms with van der Waals surface area (Å²) in [5.41, 5.74) is 15.6. The van der Waals surface area contributed by atoms with Crippen LogP contribution in [0, 0.1) is 6.92 Å². The van der Waals surface area contributed by atoms with Gasteiger partial charge in [-0.1, -0.05) is 60.9 Å². The zero-order chi connectivity index (χ0) is 26.3. The Morgan fingerprint density at radius 2 is 1.08 bits per heavy atom. The second kappa shape index (κ2) is 16.2. The molecule has 0 unspecified atom stereocenters. The molecule has 0 saturated heterocycles. The van der Waals surface area contributed by atoms with Gasteiger partial charge in [0, 0.05) is 52.5 Å². The molecule has 0 bridgehead atoms. The van der Waals surface area contributed by atoms with E-state index in [0.717, 1.165) is 54.1 Å². The van der Waals surface area contributed by atoms with Crippen LogP contribution >= 0.6 is 0 Å². The van der Waals surface area contributed by atoms with Gasteiger partial charge in [0.1, 0.15) is 11.5 Å². The lowest BCUT2D eigenvalue weighted by atomic mass is 9.55. The molecular weight excluding hydrogens is 462 g/mol. The molecule has 0 atom stereocenters. The van der Waals surface area contributed by atoms with Crippen LogP contribution in [0.15, 0.2) is 72.8 Å². The lowest BCUT2D eigenvalue weighted by Crippen LogP contribution is -2.46. The third-order valence-electron chi connectivity index (χ3n) is 6.00. The van der Waals surface area contributed by atoms with Gasteiger partial charge in [-0.3, -0.25) is 0 Å². The van der Waals surface area contributed by atoms with Crippen LogP contribution in [-0.4, -0.2) is 66.3 Å². The summed E-state index contributed by atoms with van der Waals surface area (Å²) >= 11 is 0. The van der Waals surface area contributed by atoms with E-state index in [-0.39, 0.29) is 13.8 Å². The van der Waals surface area contributed by atoms with E-state index >= 15 is 0 Å². The molecule has 3 aromatic rings. The summed E-state index contributed by atoms with van der Waals surface area (Å²) < 4.78 is 18.3. The number of hydrogen-bond donors (Lipinski definition) is 4. The van der Waals surface area contributed by atoms with Crippen molar-refractivity contribution < 1.29 is 14.0 Å². The van der Waals surface area contributed by atoms with E-state index in [1.165, 1.54) is 5.56 Å². The van der Waals surface area contributed by atoms with Crippen molar-refractivity contribution in [2.24, 2.45) is 11.5 Å². The first-order valence-electron chi connectivity index (χ1n) is 13.1. The Labute approximate surface area is 222 Å². The molecule has 0 aliphatic heterocycles. The van der Waals surface area contributed by atoms with Crippen LogP contribution in [0.2, 0.25) is 6.82 Å². The third-order valence-corrected chi connectivity index (χ3v) is 6.00. The highest BCUT2D eigenvalue weighted by molar-refractivity contribution is 6.80. The fraction of sp³-hybridized carbons (Fsp3) is 0.357. The summed E-state index contributed by atoms with van der Waals surface area (Å²) in [6.45, 7) is 9.62. The number of nitrogens with one attached hydrogen (secondary N) is 2. The highest BCUT2D eigenvalue weighted by Crippen LogP contribution is 2.19. The maximum absolute atomic E-state index is 6.28. The minimum atomic E-state index is -0.152. The molecule has 3 aromatic carbocycles.